The first-order valence-electron chi connectivity index (χ1n) is 5.92. The van der Waals surface area contributed by atoms with Crippen molar-refractivity contribution < 1.29 is 9.53 Å². The Bertz CT molecular complexity index is 617. The van der Waals surface area contributed by atoms with E-state index in [2.05, 4.69) is 10.3 Å². The van der Waals surface area contributed by atoms with Crippen LogP contribution in [0.2, 0.25) is 0 Å². The number of aromatic nitrogens is 1. The van der Waals surface area contributed by atoms with Crippen LogP contribution in [0.1, 0.15) is 17.3 Å². The van der Waals surface area contributed by atoms with E-state index >= 15 is 0 Å². The Morgan fingerprint density at radius 1 is 1.26 bits per heavy atom. The van der Waals surface area contributed by atoms with Crippen molar-refractivity contribution in [2.75, 3.05) is 11.9 Å². The largest absolute Gasteiger partial charge is 0.494 e. The van der Waals surface area contributed by atoms with Gasteiger partial charge in [-0.1, -0.05) is 0 Å². The van der Waals surface area contributed by atoms with Gasteiger partial charge in [0.05, 0.1) is 6.61 Å². The minimum Gasteiger partial charge on any atom is -0.494 e. The van der Waals surface area contributed by atoms with E-state index in [1.165, 1.54) is 12.3 Å². The molecule has 0 fully saturated rings. The molecule has 0 unspecified atom stereocenters. The molecule has 5 heteroatoms. The smallest absolute Gasteiger partial charge is 0.261 e. The van der Waals surface area contributed by atoms with Crippen molar-refractivity contribution in [3.05, 3.63) is 58.5 Å². The molecule has 2 N–H and O–H groups in total. The zero-order valence-corrected chi connectivity index (χ0v) is 10.5. The van der Waals surface area contributed by atoms with Gasteiger partial charge in [0.2, 0.25) is 0 Å². The second-order valence-corrected chi connectivity index (χ2v) is 3.82. The van der Waals surface area contributed by atoms with Crippen LogP contribution < -0.4 is 15.6 Å². The van der Waals surface area contributed by atoms with Crippen molar-refractivity contribution in [2.24, 2.45) is 0 Å². The van der Waals surface area contributed by atoms with E-state index in [1.807, 2.05) is 6.92 Å². The van der Waals surface area contributed by atoms with Gasteiger partial charge in [0.1, 0.15) is 11.3 Å². The number of pyridine rings is 1. The van der Waals surface area contributed by atoms with Crippen LogP contribution in [0.5, 0.6) is 5.75 Å². The first-order valence-corrected chi connectivity index (χ1v) is 5.92. The standard InChI is InChI=1S/C14H14N2O3/c1-2-19-11-7-5-10(6-8-11)16-14(18)12-4-3-9-15-13(12)17/h3-9H,2H2,1H3,(H,15,17)(H,16,18). The predicted molar refractivity (Wildman–Crippen MR) is 72.6 cm³/mol. The van der Waals surface area contributed by atoms with Gasteiger partial charge in [0, 0.05) is 11.9 Å². The Labute approximate surface area is 110 Å². The Hall–Kier alpha value is -2.56. The second kappa shape index (κ2) is 5.86. The van der Waals surface area contributed by atoms with Crippen molar-refractivity contribution in [2.45, 2.75) is 6.92 Å². The summed E-state index contributed by atoms with van der Waals surface area (Å²) in [5, 5.41) is 2.65. The van der Waals surface area contributed by atoms with Crippen molar-refractivity contribution in [1.82, 2.24) is 4.98 Å². The zero-order valence-electron chi connectivity index (χ0n) is 10.5. The summed E-state index contributed by atoms with van der Waals surface area (Å²) in [6.45, 7) is 2.49. The van der Waals surface area contributed by atoms with Gasteiger partial charge in [-0.3, -0.25) is 9.59 Å². The van der Waals surface area contributed by atoms with Crippen LogP contribution in [-0.4, -0.2) is 17.5 Å². The number of benzene rings is 1. The van der Waals surface area contributed by atoms with Crippen LogP contribution in [0.4, 0.5) is 5.69 Å². The van der Waals surface area contributed by atoms with Gasteiger partial charge < -0.3 is 15.0 Å². The number of nitrogens with one attached hydrogen (secondary N) is 2. The summed E-state index contributed by atoms with van der Waals surface area (Å²) in [4.78, 5) is 25.8. The minimum atomic E-state index is -0.439. The number of amides is 1. The minimum absolute atomic E-state index is 0.0800. The number of H-pyrrole nitrogens is 1. The SMILES string of the molecule is CCOc1ccc(NC(=O)c2ccc[nH]c2=O)cc1. The molecule has 0 aliphatic heterocycles. The maximum atomic E-state index is 11.9. The molecule has 0 aliphatic rings. The van der Waals surface area contributed by atoms with E-state index < -0.39 is 11.5 Å². The monoisotopic (exact) mass is 258 g/mol. The van der Waals surface area contributed by atoms with Crippen LogP contribution in [0.3, 0.4) is 0 Å². The maximum Gasteiger partial charge on any atom is 0.261 e. The van der Waals surface area contributed by atoms with Gasteiger partial charge >= 0.3 is 0 Å². The molecular weight excluding hydrogens is 244 g/mol. The van der Waals surface area contributed by atoms with Gasteiger partial charge in [-0.2, -0.15) is 0 Å². The van der Waals surface area contributed by atoms with Gasteiger partial charge in [0.15, 0.2) is 0 Å². The lowest BCUT2D eigenvalue weighted by atomic mass is 10.2. The highest BCUT2D eigenvalue weighted by molar-refractivity contribution is 6.03. The zero-order chi connectivity index (χ0) is 13.7. The van der Waals surface area contributed by atoms with Gasteiger partial charge in [-0.25, -0.2) is 0 Å². The van der Waals surface area contributed by atoms with Crippen LogP contribution >= 0.6 is 0 Å². The fourth-order valence-electron chi connectivity index (χ4n) is 1.60. The summed E-state index contributed by atoms with van der Waals surface area (Å²) in [5.74, 6) is 0.295. The van der Waals surface area contributed by atoms with Gasteiger partial charge in [-0.05, 0) is 43.3 Å². The van der Waals surface area contributed by atoms with Crippen molar-refractivity contribution in [3.63, 3.8) is 0 Å². The summed E-state index contributed by atoms with van der Waals surface area (Å²) in [7, 11) is 0. The molecule has 1 aromatic heterocycles. The molecule has 19 heavy (non-hydrogen) atoms. The number of carbonyl (C=O) groups excluding carboxylic acids is 1. The van der Waals surface area contributed by atoms with Gasteiger partial charge in [-0.15, -0.1) is 0 Å². The Kier molecular flexibility index (Phi) is 3.97. The second-order valence-electron chi connectivity index (χ2n) is 3.82. The molecule has 2 rings (SSSR count). The number of hydrogen-bond acceptors (Lipinski definition) is 3. The summed E-state index contributed by atoms with van der Waals surface area (Å²) in [6, 6.07) is 10.0. The average Bonchev–Trinajstić information content (AvgIpc) is 2.42. The number of hydrogen-bond donors (Lipinski definition) is 2. The van der Waals surface area contributed by atoms with E-state index in [1.54, 1.807) is 30.3 Å². The molecule has 98 valence electrons. The molecule has 0 spiro atoms. The molecule has 0 aliphatic carbocycles. The van der Waals surface area contributed by atoms with E-state index in [4.69, 9.17) is 4.74 Å². The molecule has 1 aromatic carbocycles. The average molecular weight is 258 g/mol. The van der Waals surface area contributed by atoms with Crippen LogP contribution in [0.25, 0.3) is 0 Å². The fourth-order valence-corrected chi connectivity index (χ4v) is 1.60. The molecule has 1 heterocycles. The highest BCUT2D eigenvalue weighted by Crippen LogP contribution is 2.15. The molecule has 0 saturated carbocycles. The van der Waals surface area contributed by atoms with E-state index in [0.717, 1.165) is 5.75 Å². The third-order valence-corrected chi connectivity index (χ3v) is 2.49. The molecular formula is C14H14N2O3. The summed E-state index contributed by atoms with van der Waals surface area (Å²) in [6.07, 6.45) is 1.48. The van der Waals surface area contributed by atoms with E-state index in [-0.39, 0.29) is 5.56 Å². The molecule has 0 bridgehead atoms. The third-order valence-electron chi connectivity index (χ3n) is 2.49. The summed E-state index contributed by atoms with van der Waals surface area (Å²) < 4.78 is 5.30. The molecule has 5 nitrogen and oxygen atoms in total. The number of anilines is 1. The van der Waals surface area contributed by atoms with Crippen LogP contribution in [-0.2, 0) is 0 Å². The normalized spacial score (nSPS) is 9.95. The summed E-state index contributed by atoms with van der Waals surface area (Å²) in [5.41, 5.74) is 0.277. The first-order chi connectivity index (χ1) is 9.20. The van der Waals surface area contributed by atoms with Crippen LogP contribution in [0.15, 0.2) is 47.4 Å². The van der Waals surface area contributed by atoms with E-state index in [0.29, 0.717) is 12.3 Å². The lowest BCUT2D eigenvalue weighted by molar-refractivity contribution is 0.102. The molecule has 2 aromatic rings. The highest BCUT2D eigenvalue weighted by atomic mass is 16.5. The van der Waals surface area contributed by atoms with E-state index in [9.17, 15) is 9.59 Å². The Morgan fingerprint density at radius 3 is 2.63 bits per heavy atom. The lowest BCUT2D eigenvalue weighted by Gasteiger charge is -2.06. The molecule has 0 saturated heterocycles. The number of carbonyl (C=O) groups is 1. The first kappa shape index (κ1) is 12.9. The fraction of sp³-hybridized carbons (Fsp3) is 0.143. The lowest BCUT2D eigenvalue weighted by Crippen LogP contribution is -2.22. The van der Waals surface area contributed by atoms with Crippen molar-refractivity contribution in [3.8, 4) is 5.75 Å². The number of rotatable bonds is 4. The molecule has 0 radical (unpaired) electrons. The summed E-state index contributed by atoms with van der Waals surface area (Å²) >= 11 is 0. The van der Waals surface area contributed by atoms with Crippen molar-refractivity contribution in [1.29, 1.82) is 0 Å². The quantitative estimate of drug-likeness (QED) is 0.881. The topological polar surface area (TPSA) is 71.2 Å². The third kappa shape index (κ3) is 3.22. The molecule has 1 amide bonds. The Morgan fingerprint density at radius 2 is 2.00 bits per heavy atom. The van der Waals surface area contributed by atoms with Gasteiger partial charge in [0.25, 0.3) is 11.5 Å². The van der Waals surface area contributed by atoms with Crippen molar-refractivity contribution >= 4 is 11.6 Å². The highest BCUT2D eigenvalue weighted by Gasteiger charge is 2.09. The molecule has 0 atom stereocenters. The number of aromatic amines is 1. The predicted octanol–water partition coefficient (Wildman–Crippen LogP) is 2.03. The number of ether oxygens (including phenoxy) is 1. The Balaban J connectivity index is 2.11. The van der Waals surface area contributed by atoms with Crippen LogP contribution in [0, 0.1) is 0 Å². The maximum absolute atomic E-state index is 11.9.